The van der Waals surface area contributed by atoms with Gasteiger partial charge in [-0.25, -0.2) is 9.59 Å². The van der Waals surface area contributed by atoms with Crippen molar-refractivity contribution in [3.8, 4) is 0 Å². The predicted molar refractivity (Wildman–Crippen MR) is 116 cm³/mol. The zero-order valence-electron chi connectivity index (χ0n) is 16.9. The van der Waals surface area contributed by atoms with E-state index in [4.69, 9.17) is 21.2 Å². The molecule has 1 aliphatic heterocycles. The number of halogens is 1. The van der Waals surface area contributed by atoms with Crippen molar-refractivity contribution in [3.05, 3.63) is 82.5 Å². The molecule has 0 aromatic heterocycles. The molecule has 0 radical (unpaired) electrons. The average molecular weight is 460 g/mol. The molecule has 2 aromatic carbocycles. The highest BCUT2D eigenvalue weighted by Gasteiger charge is 2.24. The number of carboxylic acids is 1. The fourth-order valence-electron chi connectivity index (χ4n) is 3.00. The molecular formula is C22H22ClN3O6. The van der Waals surface area contributed by atoms with Gasteiger partial charge in [-0.05, 0) is 23.3 Å². The Hall–Kier alpha value is -3.56. The molecule has 0 saturated carbocycles. The van der Waals surface area contributed by atoms with Gasteiger partial charge in [0, 0.05) is 12.0 Å². The molecule has 3 rings (SSSR count). The van der Waals surface area contributed by atoms with Crippen molar-refractivity contribution < 1.29 is 29.1 Å². The lowest BCUT2D eigenvalue weighted by Gasteiger charge is -2.17. The van der Waals surface area contributed by atoms with Crippen molar-refractivity contribution in [2.75, 3.05) is 6.54 Å². The fourth-order valence-corrected chi connectivity index (χ4v) is 3.18. The van der Waals surface area contributed by atoms with Crippen LogP contribution in [-0.2, 0) is 27.4 Å². The van der Waals surface area contributed by atoms with Crippen molar-refractivity contribution >= 4 is 29.6 Å². The van der Waals surface area contributed by atoms with Crippen LogP contribution in [0.1, 0.15) is 21.5 Å². The summed E-state index contributed by atoms with van der Waals surface area (Å²) in [6.07, 6.45) is 0.218. The number of hydrogen-bond acceptors (Lipinski definition) is 6. The van der Waals surface area contributed by atoms with E-state index in [0.29, 0.717) is 16.3 Å². The number of hydrogen-bond donors (Lipinski definition) is 4. The van der Waals surface area contributed by atoms with Crippen molar-refractivity contribution in [1.82, 2.24) is 16.1 Å². The van der Waals surface area contributed by atoms with Crippen LogP contribution in [0.25, 0.3) is 0 Å². The second-order valence-electron chi connectivity index (χ2n) is 6.94. The van der Waals surface area contributed by atoms with Gasteiger partial charge in [0.2, 0.25) is 0 Å². The van der Waals surface area contributed by atoms with Crippen molar-refractivity contribution in [2.24, 2.45) is 0 Å². The van der Waals surface area contributed by atoms with E-state index >= 15 is 0 Å². The molecule has 2 aromatic rings. The normalized spacial score (nSPS) is 15.8. The summed E-state index contributed by atoms with van der Waals surface area (Å²) in [5, 5.41) is 14.9. The maximum Gasteiger partial charge on any atom is 0.408 e. The topological polar surface area (TPSA) is 126 Å². The van der Waals surface area contributed by atoms with Crippen LogP contribution in [0, 0.1) is 0 Å². The molecule has 1 heterocycles. The van der Waals surface area contributed by atoms with E-state index in [0.717, 1.165) is 5.56 Å². The molecule has 2 amide bonds. The van der Waals surface area contributed by atoms with Gasteiger partial charge in [0.1, 0.15) is 23.9 Å². The molecule has 9 nitrogen and oxygen atoms in total. The van der Waals surface area contributed by atoms with Crippen LogP contribution in [0.3, 0.4) is 0 Å². The summed E-state index contributed by atoms with van der Waals surface area (Å²) in [6, 6.07) is 14.3. The first-order valence-corrected chi connectivity index (χ1v) is 10.2. The van der Waals surface area contributed by atoms with Gasteiger partial charge in [-0.15, -0.1) is 0 Å². The van der Waals surface area contributed by atoms with Gasteiger partial charge in [0.15, 0.2) is 0 Å². The molecule has 0 aliphatic carbocycles. The number of rotatable bonds is 9. The number of carbonyl (C=O) groups excluding carboxylic acids is 2. The van der Waals surface area contributed by atoms with Gasteiger partial charge >= 0.3 is 12.1 Å². The van der Waals surface area contributed by atoms with Crippen LogP contribution in [0.15, 0.2) is 65.8 Å². The van der Waals surface area contributed by atoms with Gasteiger partial charge < -0.3 is 20.5 Å². The Bertz CT molecular complexity index is 998. The lowest BCUT2D eigenvalue weighted by Crippen LogP contribution is -2.43. The van der Waals surface area contributed by atoms with E-state index in [1.807, 2.05) is 6.07 Å². The summed E-state index contributed by atoms with van der Waals surface area (Å²) >= 11 is 5.76. The highest BCUT2D eigenvalue weighted by atomic mass is 35.5. The van der Waals surface area contributed by atoms with E-state index in [9.17, 15) is 19.5 Å². The number of amides is 2. The van der Waals surface area contributed by atoms with Gasteiger partial charge in [-0.1, -0.05) is 60.1 Å². The molecule has 4 N–H and O–H groups in total. The number of ether oxygens (including phenoxy) is 1. The monoisotopic (exact) mass is 459 g/mol. The Morgan fingerprint density at radius 3 is 2.53 bits per heavy atom. The molecule has 0 bridgehead atoms. The third-order valence-electron chi connectivity index (χ3n) is 4.59. The number of carboxylic acid groups (broad SMARTS) is 1. The van der Waals surface area contributed by atoms with Crippen LogP contribution >= 0.6 is 11.6 Å². The third kappa shape index (κ3) is 6.73. The average Bonchev–Trinajstić information content (AvgIpc) is 3.21. The van der Waals surface area contributed by atoms with E-state index in [1.165, 1.54) is 0 Å². The van der Waals surface area contributed by atoms with E-state index in [-0.39, 0.29) is 19.6 Å². The number of aliphatic carboxylic acids is 1. The molecule has 168 valence electrons. The molecule has 0 fully saturated rings. The minimum Gasteiger partial charge on any atom is -0.480 e. The molecule has 1 unspecified atom stereocenters. The van der Waals surface area contributed by atoms with Gasteiger partial charge in [-0.2, -0.15) is 0 Å². The largest absolute Gasteiger partial charge is 0.480 e. The molecule has 2 atom stereocenters. The van der Waals surface area contributed by atoms with Gasteiger partial charge in [-0.3, -0.25) is 15.1 Å². The van der Waals surface area contributed by atoms with Crippen molar-refractivity contribution in [3.63, 3.8) is 0 Å². The Kier molecular flexibility index (Phi) is 8.07. The zero-order chi connectivity index (χ0) is 22.9. The predicted octanol–water partition coefficient (Wildman–Crippen LogP) is 2.32. The summed E-state index contributed by atoms with van der Waals surface area (Å²) in [6.45, 7) is 0.178. The van der Waals surface area contributed by atoms with Crippen LogP contribution in [-0.4, -0.2) is 41.8 Å². The molecule has 32 heavy (non-hydrogen) atoms. The lowest BCUT2D eigenvalue weighted by molar-refractivity contribution is -0.139. The molecule has 0 saturated heterocycles. The quantitative estimate of drug-likeness (QED) is 0.424. The number of hydroxylamine groups is 1. The lowest BCUT2D eigenvalue weighted by atomic mass is 9.99. The van der Waals surface area contributed by atoms with Crippen LogP contribution in [0.5, 0.6) is 0 Å². The Morgan fingerprint density at radius 1 is 1.12 bits per heavy atom. The number of carbonyl (C=O) groups is 3. The second-order valence-corrected chi connectivity index (χ2v) is 7.35. The summed E-state index contributed by atoms with van der Waals surface area (Å²) in [5.41, 5.74) is 4.00. The minimum absolute atomic E-state index is 0.00849. The fraction of sp³-hybridized carbons (Fsp3) is 0.227. The van der Waals surface area contributed by atoms with E-state index < -0.39 is 30.1 Å². The third-order valence-corrected chi connectivity index (χ3v) is 4.80. The Morgan fingerprint density at radius 2 is 1.84 bits per heavy atom. The Labute approximate surface area is 189 Å². The SMILES string of the molecule is O=C(N[C@@H](Cc1ccccc1C(=O)NCC1C=C(Cl)NO1)C(=O)O)OCc1ccccc1. The van der Waals surface area contributed by atoms with Gasteiger partial charge in [0.25, 0.3) is 5.91 Å². The second kappa shape index (κ2) is 11.2. The first-order chi connectivity index (χ1) is 15.4. The standard InChI is InChI=1S/C22H22ClN3O6/c23-19-11-16(32-26-19)12-24-20(27)17-9-5-4-8-15(17)10-18(21(28)29)25-22(30)31-13-14-6-2-1-3-7-14/h1-9,11,16,18,26H,10,12-13H2,(H,24,27)(H,25,30)(H,28,29)/t16?,18-/m0/s1. The number of alkyl carbamates (subject to hydrolysis) is 1. The maximum absolute atomic E-state index is 12.6. The molecular weight excluding hydrogens is 438 g/mol. The first-order valence-electron chi connectivity index (χ1n) is 9.77. The Balaban J connectivity index is 1.60. The van der Waals surface area contributed by atoms with Crippen LogP contribution in [0.4, 0.5) is 4.79 Å². The number of benzene rings is 2. The molecule has 0 spiro atoms. The zero-order valence-corrected chi connectivity index (χ0v) is 17.7. The molecule has 1 aliphatic rings. The minimum atomic E-state index is -1.28. The van der Waals surface area contributed by atoms with Crippen molar-refractivity contribution in [2.45, 2.75) is 25.2 Å². The van der Waals surface area contributed by atoms with Crippen molar-refractivity contribution in [1.29, 1.82) is 0 Å². The summed E-state index contributed by atoms with van der Waals surface area (Å²) in [5.74, 6) is -1.65. The first kappa shape index (κ1) is 23.1. The highest BCUT2D eigenvalue weighted by Crippen LogP contribution is 2.13. The highest BCUT2D eigenvalue weighted by molar-refractivity contribution is 6.29. The van der Waals surface area contributed by atoms with E-state index in [1.54, 1.807) is 54.6 Å². The number of nitrogens with one attached hydrogen (secondary N) is 3. The smallest absolute Gasteiger partial charge is 0.408 e. The van der Waals surface area contributed by atoms with Crippen LogP contribution in [0.2, 0.25) is 0 Å². The maximum atomic E-state index is 12.6. The van der Waals surface area contributed by atoms with E-state index in [2.05, 4.69) is 16.1 Å². The molecule has 10 heteroatoms. The summed E-state index contributed by atoms with van der Waals surface area (Å²) in [4.78, 5) is 41.6. The summed E-state index contributed by atoms with van der Waals surface area (Å²) in [7, 11) is 0. The van der Waals surface area contributed by atoms with Crippen LogP contribution < -0.4 is 16.1 Å². The summed E-state index contributed by atoms with van der Waals surface area (Å²) < 4.78 is 5.10. The van der Waals surface area contributed by atoms with Gasteiger partial charge in [0.05, 0.1) is 6.54 Å².